The largest absolute Gasteiger partial charge is 0.369 e. The highest BCUT2D eigenvalue weighted by atomic mass is 15.3. The second-order valence-corrected chi connectivity index (χ2v) is 5.85. The molecule has 0 spiro atoms. The molecule has 1 N–H and O–H groups in total. The van der Waals surface area contributed by atoms with Gasteiger partial charge in [0.05, 0.1) is 11.6 Å². The molecule has 3 rings (SSSR count). The molecule has 0 radical (unpaired) electrons. The number of rotatable bonds is 4. The van der Waals surface area contributed by atoms with E-state index in [0.29, 0.717) is 12.0 Å². The summed E-state index contributed by atoms with van der Waals surface area (Å²) in [5.41, 5.74) is 0.873. The molecule has 108 valence electrons. The van der Waals surface area contributed by atoms with Crippen LogP contribution in [0.5, 0.6) is 0 Å². The summed E-state index contributed by atoms with van der Waals surface area (Å²) in [7, 11) is 1.90. The van der Waals surface area contributed by atoms with Gasteiger partial charge in [0.25, 0.3) is 0 Å². The Morgan fingerprint density at radius 1 is 1.40 bits per heavy atom. The van der Waals surface area contributed by atoms with E-state index in [1.165, 1.54) is 19.5 Å². The van der Waals surface area contributed by atoms with E-state index in [1.807, 2.05) is 13.2 Å². The predicted molar refractivity (Wildman–Crippen MR) is 79.6 cm³/mol. The first-order chi connectivity index (χ1) is 9.65. The first kappa shape index (κ1) is 13.3. The van der Waals surface area contributed by atoms with Gasteiger partial charge in [-0.2, -0.15) is 5.10 Å². The lowest BCUT2D eigenvalue weighted by atomic mass is 10.1. The lowest BCUT2D eigenvalue weighted by molar-refractivity contribution is 0.266. The van der Waals surface area contributed by atoms with Crippen LogP contribution in [0, 0.1) is 5.92 Å². The minimum Gasteiger partial charge on any atom is -0.369 e. The van der Waals surface area contributed by atoms with Crippen molar-refractivity contribution in [3.8, 4) is 0 Å². The molecule has 1 aliphatic heterocycles. The smallest absolute Gasteiger partial charge is 0.163 e. The van der Waals surface area contributed by atoms with Crippen molar-refractivity contribution >= 4 is 16.9 Å². The molecule has 1 aliphatic rings. The van der Waals surface area contributed by atoms with Crippen LogP contribution < -0.4 is 5.32 Å². The van der Waals surface area contributed by atoms with Gasteiger partial charge in [-0.25, -0.2) is 9.97 Å². The second-order valence-electron chi connectivity index (χ2n) is 5.85. The predicted octanol–water partition coefficient (Wildman–Crippen LogP) is 1.51. The van der Waals surface area contributed by atoms with Crippen LogP contribution in [0.25, 0.3) is 11.0 Å². The Morgan fingerprint density at radius 2 is 2.25 bits per heavy atom. The summed E-state index contributed by atoms with van der Waals surface area (Å²) >= 11 is 0. The monoisotopic (exact) mass is 274 g/mol. The van der Waals surface area contributed by atoms with Crippen molar-refractivity contribution in [3.05, 3.63) is 12.5 Å². The third-order valence-electron chi connectivity index (χ3n) is 4.14. The minimum absolute atomic E-state index is 0.643. The van der Waals surface area contributed by atoms with E-state index in [2.05, 4.69) is 39.1 Å². The quantitative estimate of drug-likeness (QED) is 0.915. The Bertz CT molecular complexity index is 590. The number of anilines is 1. The molecule has 1 fully saturated rings. The van der Waals surface area contributed by atoms with Crippen LogP contribution in [0.2, 0.25) is 0 Å². The molecule has 1 unspecified atom stereocenters. The van der Waals surface area contributed by atoms with Gasteiger partial charge in [0.15, 0.2) is 5.65 Å². The van der Waals surface area contributed by atoms with Crippen LogP contribution >= 0.6 is 0 Å². The fourth-order valence-corrected chi connectivity index (χ4v) is 2.84. The maximum Gasteiger partial charge on any atom is 0.163 e. The molecule has 20 heavy (non-hydrogen) atoms. The molecule has 2 aromatic heterocycles. The summed E-state index contributed by atoms with van der Waals surface area (Å²) in [6.45, 7) is 7.87. The molecule has 1 saturated heterocycles. The maximum absolute atomic E-state index is 4.35. The van der Waals surface area contributed by atoms with Crippen LogP contribution in [0.4, 0.5) is 5.82 Å². The molecule has 0 amide bonds. The van der Waals surface area contributed by atoms with Crippen LogP contribution in [0.1, 0.15) is 20.3 Å². The van der Waals surface area contributed by atoms with Crippen molar-refractivity contribution in [2.24, 2.45) is 13.0 Å². The van der Waals surface area contributed by atoms with Gasteiger partial charge in [-0.05, 0) is 32.7 Å². The van der Waals surface area contributed by atoms with Crippen LogP contribution in [-0.4, -0.2) is 50.3 Å². The molecule has 1 atom stereocenters. The number of hydrogen-bond donors (Lipinski definition) is 1. The fourth-order valence-electron chi connectivity index (χ4n) is 2.84. The zero-order valence-electron chi connectivity index (χ0n) is 12.4. The molecule has 6 nitrogen and oxygen atoms in total. The highest BCUT2D eigenvalue weighted by Gasteiger charge is 2.24. The van der Waals surface area contributed by atoms with Crippen LogP contribution in [0.15, 0.2) is 12.5 Å². The first-order valence-electron chi connectivity index (χ1n) is 7.25. The summed E-state index contributed by atoms with van der Waals surface area (Å²) < 4.78 is 1.78. The number of fused-ring (bicyclic) bond motifs is 1. The summed E-state index contributed by atoms with van der Waals surface area (Å²) in [4.78, 5) is 11.1. The van der Waals surface area contributed by atoms with Gasteiger partial charge in [0.1, 0.15) is 12.1 Å². The van der Waals surface area contributed by atoms with Gasteiger partial charge in [-0.3, -0.25) is 4.68 Å². The second kappa shape index (κ2) is 5.36. The topological polar surface area (TPSA) is 58.9 Å². The van der Waals surface area contributed by atoms with E-state index >= 15 is 0 Å². The first-order valence-corrected chi connectivity index (χ1v) is 7.25. The standard InChI is InChI=1S/C14H22N6/c1-10(2)20-5-4-11(8-20)6-15-13-12-7-18-19(3)14(12)17-9-16-13/h7,9-11H,4-6,8H2,1-3H3,(H,15,16,17). The summed E-state index contributed by atoms with van der Waals surface area (Å²) in [5.74, 6) is 1.59. The maximum atomic E-state index is 4.35. The number of nitrogens with one attached hydrogen (secondary N) is 1. The van der Waals surface area contributed by atoms with Crippen molar-refractivity contribution in [2.45, 2.75) is 26.3 Å². The van der Waals surface area contributed by atoms with E-state index in [0.717, 1.165) is 23.4 Å². The number of likely N-dealkylation sites (tertiary alicyclic amines) is 1. The Balaban J connectivity index is 1.66. The van der Waals surface area contributed by atoms with Crippen molar-refractivity contribution in [2.75, 3.05) is 25.0 Å². The van der Waals surface area contributed by atoms with E-state index in [-0.39, 0.29) is 0 Å². The van der Waals surface area contributed by atoms with Crippen molar-refractivity contribution in [1.29, 1.82) is 0 Å². The Labute approximate surface area is 119 Å². The summed E-state index contributed by atoms with van der Waals surface area (Å²) in [6.07, 6.45) is 4.68. The minimum atomic E-state index is 0.643. The molecule has 0 saturated carbocycles. The van der Waals surface area contributed by atoms with Crippen molar-refractivity contribution < 1.29 is 0 Å². The van der Waals surface area contributed by atoms with Crippen molar-refractivity contribution in [1.82, 2.24) is 24.6 Å². The molecule has 0 aliphatic carbocycles. The normalized spacial score (nSPS) is 20.1. The number of hydrogen-bond acceptors (Lipinski definition) is 5. The molecule has 2 aromatic rings. The van der Waals surface area contributed by atoms with Gasteiger partial charge < -0.3 is 10.2 Å². The van der Waals surface area contributed by atoms with E-state index in [9.17, 15) is 0 Å². The van der Waals surface area contributed by atoms with Crippen molar-refractivity contribution in [3.63, 3.8) is 0 Å². The van der Waals surface area contributed by atoms with E-state index in [1.54, 1.807) is 11.0 Å². The lowest BCUT2D eigenvalue weighted by Crippen LogP contribution is -2.29. The van der Waals surface area contributed by atoms with Gasteiger partial charge in [-0.15, -0.1) is 0 Å². The number of nitrogens with zero attached hydrogens (tertiary/aromatic N) is 5. The Morgan fingerprint density at radius 3 is 3.00 bits per heavy atom. The average molecular weight is 274 g/mol. The number of aromatic nitrogens is 4. The van der Waals surface area contributed by atoms with Crippen LogP contribution in [-0.2, 0) is 7.05 Å². The lowest BCUT2D eigenvalue weighted by Gasteiger charge is -2.20. The molecule has 0 bridgehead atoms. The van der Waals surface area contributed by atoms with Gasteiger partial charge in [0, 0.05) is 26.2 Å². The molecule has 3 heterocycles. The summed E-state index contributed by atoms with van der Waals surface area (Å²) in [5, 5.41) is 8.70. The van der Waals surface area contributed by atoms with Gasteiger partial charge >= 0.3 is 0 Å². The zero-order chi connectivity index (χ0) is 14.1. The molecule has 6 heteroatoms. The fraction of sp³-hybridized carbons (Fsp3) is 0.643. The molecule has 0 aromatic carbocycles. The molecular formula is C14H22N6. The highest BCUT2D eigenvalue weighted by Crippen LogP contribution is 2.21. The van der Waals surface area contributed by atoms with E-state index in [4.69, 9.17) is 0 Å². The third-order valence-corrected chi connectivity index (χ3v) is 4.14. The van der Waals surface area contributed by atoms with Gasteiger partial charge in [0.2, 0.25) is 0 Å². The number of aryl methyl sites for hydroxylation is 1. The van der Waals surface area contributed by atoms with E-state index < -0.39 is 0 Å². The highest BCUT2D eigenvalue weighted by molar-refractivity contribution is 5.85. The summed E-state index contributed by atoms with van der Waals surface area (Å²) in [6, 6.07) is 0.643. The Hall–Kier alpha value is -1.69. The SMILES string of the molecule is CC(C)N1CCC(CNc2ncnc3c2cnn3C)C1. The van der Waals surface area contributed by atoms with Crippen LogP contribution in [0.3, 0.4) is 0 Å². The zero-order valence-corrected chi connectivity index (χ0v) is 12.4. The molecular weight excluding hydrogens is 252 g/mol. The third kappa shape index (κ3) is 2.47. The average Bonchev–Trinajstić information content (AvgIpc) is 3.04. The van der Waals surface area contributed by atoms with Gasteiger partial charge in [-0.1, -0.05) is 0 Å². The Kier molecular flexibility index (Phi) is 3.56.